The van der Waals surface area contributed by atoms with Gasteiger partial charge in [0.2, 0.25) is 0 Å². The Kier molecular flexibility index (Phi) is 5.79. The van der Waals surface area contributed by atoms with Crippen molar-refractivity contribution in [3.8, 4) is 0 Å². The van der Waals surface area contributed by atoms with E-state index in [0.717, 1.165) is 12.0 Å². The Balaban J connectivity index is 1.63. The Bertz CT molecular complexity index is 193. The molecule has 0 radical (unpaired) electrons. The number of likely N-dealkylation sites (tertiary alicyclic amines) is 1. The van der Waals surface area contributed by atoms with Gasteiger partial charge in [0.1, 0.15) is 0 Å². The molecule has 1 heterocycles. The third-order valence-electron chi connectivity index (χ3n) is 4.69. The van der Waals surface area contributed by atoms with Gasteiger partial charge in [-0.3, -0.25) is 0 Å². The van der Waals surface area contributed by atoms with Crippen molar-refractivity contribution in [2.45, 2.75) is 64.3 Å². The van der Waals surface area contributed by atoms with Crippen LogP contribution in [0.1, 0.15) is 58.3 Å². The fourth-order valence-corrected chi connectivity index (χ4v) is 3.60. The SMILES string of the molecule is CCC(NCCN1CCCC1)C1CCCCC1. The van der Waals surface area contributed by atoms with Crippen LogP contribution in [0.5, 0.6) is 0 Å². The second kappa shape index (κ2) is 7.38. The molecular weight excluding hydrogens is 208 g/mol. The third kappa shape index (κ3) is 4.26. The molecule has 1 unspecified atom stereocenters. The van der Waals surface area contributed by atoms with Gasteiger partial charge in [-0.1, -0.05) is 26.2 Å². The van der Waals surface area contributed by atoms with Crippen LogP contribution in [0.25, 0.3) is 0 Å². The molecule has 2 rings (SSSR count). The van der Waals surface area contributed by atoms with Gasteiger partial charge in [-0.2, -0.15) is 0 Å². The highest BCUT2D eigenvalue weighted by atomic mass is 15.2. The Morgan fingerprint density at radius 1 is 1.06 bits per heavy atom. The summed E-state index contributed by atoms with van der Waals surface area (Å²) in [5.74, 6) is 0.965. The summed E-state index contributed by atoms with van der Waals surface area (Å²) >= 11 is 0. The summed E-state index contributed by atoms with van der Waals surface area (Å²) in [6, 6.07) is 0.790. The predicted octanol–water partition coefficient (Wildman–Crippen LogP) is 3.03. The molecule has 1 aliphatic carbocycles. The van der Waals surface area contributed by atoms with Gasteiger partial charge in [-0.15, -0.1) is 0 Å². The van der Waals surface area contributed by atoms with Gasteiger partial charge >= 0.3 is 0 Å². The summed E-state index contributed by atoms with van der Waals surface area (Å²) in [4.78, 5) is 2.61. The molecule has 2 heteroatoms. The average Bonchev–Trinajstić information content (AvgIpc) is 2.89. The lowest BCUT2D eigenvalue weighted by atomic mass is 9.83. The first-order valence-electron chi connectivity index (χ1n) is 7.86. The number of nitrogens with one attached hydrogen (secondary N) is 1. The van der Waals surface area contributed by atoms with E-state index in [-0.39, 0.29) is 0 Å². The Morgan fingerprint density at radius 3 is 2.41 bits per heavy atom. The van der Waals surface area contributed by atoms with Crippen molar-refractivity contribution in [1.82, 2.24) is 10.2 Å². The quantitative estimate of drug-likeness (QED) is 0.765. The summed E-state index contributed by atoms with van der Waals surface area (Å²) in [5, 5.41) is 3.82. The molecule has 2 fully saturated rings. The van der Waals surface area contributed by atoms with Gasteiger partial charge in [-0.25, -0.2) is 0 Å². The molecule has 2 nitrogen and oxygen atoms in total. The molecule has 0 spiro atoms. The van der Waals surface area contributed by atoms with E-state index in [1.54, 1.807) is 0 Å². The fraction of sp³-hybridized carbons (Fsp3) is 1.00. The summed E-state index contributed by atoms with van der Waals surface area (Å²) in [7, 11) is 0. The molecule has 0 aromatic rings. The van der Waals surface area contributed by atoms with E-state index >= 15 is 0 Å². The molecule has 1 saturated carbocycles. The zero-order valence-electron chi connectivity index (χ0n) is 11.6. The van der Waals surface area contributed by atoms with Gasteiger partial charge in [0.05, 0.1) is 0 Å². The lowest BCUT2D eigenvalue weighted by Gasteiger charge is -2.31. The summed E-state index contributed by atoms with van der Waals surface area (Å²) in [6.07, 6.45) is 11.5. The van der Waals surface area contributed by atoms with Gasteiger partial charge in [0.25, 0.3) is 0 Å². The van der Waals surface area contributed by atoms with Crippen LogP contribution in [0, 0.1) is 5.92 Å². The maximum Gasteiger partial charge on any atom is 0.0107 e. The van der Waals surface area contributed by atoms with Gasteiger partial charge < -0.3 is 10.2 Å². The van der Waals surface area contributed by atoms with Gasteiger partial charge in [0, 0.05) is 19.1 Å². The molecule has 17 heavy (non-hydrogen) atoms. The lowest BCUT2D eigenvalue weighted by Crippen LogP contribution is -2.40. The standard InChI is InChI=1S/C15H30N2/c1-2-15(14-8-4-3-5-9-14)16-10-13-17-11-6-7-12-17/h14-16H,2-13H2,1H3. The highest BCUT2D eigenvalue weighted by Crippen LogP contribution is 2.27. The van der Waals surface area contributed by atoms with Gasteiger partial charge in [0.15, 0.2) is 0 Å². The monoisotopic (exact) mass is 238 g/mol. The van der Waals surface area contributed by atoms with E-state index in [2.05, 4.69) is 17.1 Å². The van der Waals surface area contributed by atoms with Gasteiger partial charge in [-0.05, 0) is 51.1 Å². The van der Waals surface area contributed by atoms with Crippen molar-refractivity contribution in [1.29, 1.82) is 0 Å². The van der Waals surface area contributed by atoms with E-state index in [1.807, 2.05) is 0 Å². The molecular formula is C15H30N2. The van der Waals surface area contributed by atoms with E-state index in [0.29, 0.717) is 0 Å². The molecule has 2 aliphatic rings. The summed E-state index contributed by atoms with van der Waals surface area (Å²) in [6.45, 7) is 7.49. The van der Waals surface area contributed by atoms with Crippen LogP contribution in [0.4, 0.5) is 0 Å². The Labute approximate surface area is 107 Å². The largest absolute Gasteiger partial charge is 0.312 e. The first-order valence-corrected chi connectivity index (χ1v) is 7.86. The topological polar surface area (TPSA) is 15.3 Å². The molecule has 0 aromatic heterocycles. The van der Waals surface area contributed by atoms with Crippen LogP contribution in [0.2, 0.25) is 0 Å². The average molecular weight is 238 g/mol. The smallest absolute Gasteiger partial charge is 0.0107 e. The van der Waals surface area contributed by atoms with E-state index in [4.69, 9.17) is 0 Å². The molecule has 0 bridgehead atoms. The van der Waals surface area contributed by atoms with Crippen molar-refractivity contribution >= 4 is 0 Å². The van der Waals surface area contributed by atoms with Crippen molar-refractivity contribution in [3.63, 3.8) is 0 Å². The fourth-order valence-electron chi connectivity index (χ4n) is 3.60. The van der Waals surface area contributed by atoms with Crippen LogP contribution >= 0.6 is 0 Å². The number of rotatable bonds is 6. The predicted molar refractivity (Wildman–Crippen MR) is 74.3 cm³/mol. The molecule has 1 aliphatic heterocycles. The number of hydrogen-bond donors (Lipinski definition) is 1. The molecule has 0 aromatic carbocycles. The van der Waals surface area contributed by atoms with Crippen molar-refractivity contribution in [2.75, 3.05) is 26.2 Å². The summed E-state index contributed by atoms with van der Waals surface area (Å²) < 4.78 is 0. The Morgan fingerprint density at radius 2 is 1.76 bits per heavy atom. The second-order valence-electron chi connectivity index (χ2n) is 5.92. The normalized spacial score (nSPS) is 25.2. The third-order valence-corrected chi connectivity index (χ3v) is 4.69. The molecule has 1 N–H and O–H groups in total. The number of hydrogen-bond acceptors (Lipinski definition) is 2. The lowest BCUT2D eigenvalue weighted by molar-refractivity contribution is 0.249. The van der Waals surface area contributed by atoms with E-state index in [1.165, 1.54) is 77.5 Å². The molecule has 1 atom stereocenters. The van der Waals surface area contributed by atoms with Crippen LogP contribution in [0.15, 0.2) is 0 Å². The Hall–Kier alpha value is -0.0800. The highest BCUT2D eigenvalue weighted by Gasteiger charge is 2.21. The van der Waals surface area contributed by atoms with Crippen LogP contribution in [-0.2, 0) is 0 Å². The second-order valence-corrected chi connectivity index (χ2v) is 5.92. The van der Waals surface area contributed by atoms with E-state index < -0.39 is 0 Å². The minimum Gasteiger partial charge on any atom is -0.312 e. The molecule has 100 valence electrons. The first-order chi connectivity index (χ1) is 8.40. The zero-order valence-corrected chi connectivity index (χ0v) is 11.6. The van der Waals surface area contributed by atoms with E-state index in [9.17, 15) is 0 Å². The summed E-state index contributed by atoms with van der Waals surface area (Å²) in [5.41, 5.74) is 0. The van der Waals surface area contributed by atoms with Crippen molar-refractivity contribution in [2.24, 2.45) is 5.92 Å². The van der Waals surface area contributed by atoms with Crippen LogP contribution in [-0.4, -0.2) is 37.1 Å². The molecule has 0 amide bonds. The minimum absolute atomic E-state index is 0.790. The van der Waals surface area contributed by atoms with Crippen molar-refractivity contribution in [3.05, 3.63) is 0 Å². The van der Waals surface area contributed by atoms with Crippen molar-refractivity contribution < 1.29 is 0 Å². The minimum atomic E-state index is 0.790. The highest BCUT2D eigenvalue weighted by molar-refractivity contribution is 4.79. The number of nitrogens with zero attached hydrogens (tertiary/aromatic N) is 1. The first kappa shape index (κ1) is 13.4. The maximum absolute atomic E-state index is 3.82. The van der Waals surface area contributed by atoms with Crippen LogP contribution in [0.3, 0.4) is 0 Å². The zero-order chi connectivity index (χ0) is 11.9. The van der Waals surface area contributed by atoms with Crippen LogP contribution < -0.4 is 5.32 Å². The molecule has 1 saturated heterocycles. The maximum atomic E-state index is 3.82.